The highest BCUT2D eigenvalue weighted by atomic mass is 35.5. The zero-order chi connectivity index (χ0) is 20.1. The van der Waals surface area contributed by atoms with Crippen molar-refractivity contribution >= 4 is 23.4 Å². The number of piperazine rings is 1. The van der Waals surface area contributed by atoms with Gasteiger partial charge in [-0.15, -0.1) is 0 Å². The van der Waals surface area contributed by atoms with Crippen molar-refractivity contribution in [1.82, 2.24) is 9.80 Å². The summed E-state index contributed by atoms with van der Waals surface area (Å²) in [4.78, 5) is 28.4. The van der Waals surface area contributed by atoms with Crippen LogP contribution in [0.5, 0.6) is 5.75 Å². The van der Waals surface area contributed by atoms with Crippen molar-refractivity contribution in [2.45, 2.75) is 13.0 Å². The van der Waals surface area contributed by atoms with Crippen molar-refractivity contribution < 1.29 is 23.1 Å². The SMILES string of the molecule is O=C(Cc1cccc(Cl)c1)N1CCN(C(=O)c2ccccc2OC(F)F)CC1. The molecule has 0 atom stereocenters. The average Bonchev–Trinajstić information content (AvgIpc) is 2.67. The molecule has 0 aromatic heterocycles. The molecule has 2 aromatic rings. The zero-order valence-electron chi connectivity index (χ0n) is 15.0. The smallest absolute Gasteiger partial charge is 0.387 e. The van der Waals surface area contributed by atoms with Crippen LogP contribution in [-0.2, 0) is 11.2 Å². The predicted molar refractivity (Wildman–Crippen MR) is 101 cm³/mol. The number of hydrogen-bond donors (Lipinski definition) is 0. The lowest BCUT2D eigenvalue weighted by Crippen LogP contribution is -2.51. The van der Waals surface area contributed by atoms with Gasteiger partial charge in [-0.3, -0.25) is 9.59 Å². The first-order valence-electron chi connectivity index (χ1n) is 8.79. The molecule has 0 unspecified atom stereocenters. The first kappa shape index (κ1) is 20.1. The lowest BCUT2D eigenvalue weighted by atomic mass is 10.1. The van der Waals surface area contributed by atoms with E-state index < -0.39 is 12.5 Å². The molecule has 0 spiro atoms. The number of halogens is 3. The number of benzene rings is 2. The third-order valence-electron chi connectivity index (χ3n) is 4.50. The maximum Gasteiger partial charge on any atom is 0.387 e. The van der Waals surface area contributed by atoms with E-state index >= 15 is 0 Å². The van der Waals surface area contributed by atoms with E-state index in [1.54, 1.807) is 29.2 Å². The van der Waals surface area contributed by atoms with Gasteiger partial charge in [0.15, 0.2) is 0 Å². The van der Waals surface area contributed by atoms with Gasteiger partial charge in [0.25, 0.3) is 5.91 Å². The number of nitrogens with zero attached hydrogens (tertiary/aromatic N) is 2. The number of alkyl halides is 2. The molecule has 1 saturated heterocycles. The predicted octanol–water partition coefficient (Wildman–Crippen LogP) is 3.47. The number of carbonyl (C=O) groups excluding carboxylic acids is 2. The molecular formula is C20H19ClF2N2O3. The highest BCUT2D eigenvalue weighted by Gasteiger charge is 2.27. The van der Waals surface area contributed by atoms with Gasteiger partial charge < -0.3 is 14.5 Å². The summed E-state index contributed by atoms with van der Waals surface area (Å²) in [5, 5.41) is 0.574. The number of carbonyl (C=O) groups is 2. The van der Waals surface area contributed by atoms with Crippen molar-refractivity contribution in [3.8, 4) is 5.75 Å². The molecule has 1 fully saturated rings. The Bertz CT molecular complexity index is 855. The second kappa shape index (κ2) is 9.01. The number of hydrogen-bond acceptors (Lipinski definition) is 3. The van der Waals surface area contributed by atoms with E-state index in [0.29, 0.717) is 31.2 Å². The first-order chi connectivity index (χ1) is 13.4. The monoisotopic (exact) mass is 408 g/mol. The second-order valence-corrected chi connectivity index (χ2v) is 6.79. The molecule has 3 rings (SSSR count). The van der Waals surface area contributed by atoms with Crippen LogP contribution >= 0.6 is 11.6 Å². The van der Waals surface area contributed by atoms with Crippen LogP contribution in [0.4, 0.5) is 8.78 Å². The minimum absolute atomic E-state index is 0.0456. The standard InChI is InChI=1S/C20H19ClF2N2O3/c21-15-5-3-4-14(12-15)13-18(26)24-8-10-25(11-9-24)19(27)16-6-1-2-7-17(16)28-20(22)23/h1-7,12,20H,8-11,13H2. The highest BCUT2D eigenvalue weighted by molar-refractivity contribution is 6.30. The Labute approximate surface area is 166 Å². The van der Waals surface area contributed by atoms with Gasteiger partial charge in [0.2, 0.25) is 5.91 Å². The molecule has 1 heterocycles. The second-order valence-electron chi connectivity index (χ2n) is 6.35. The van der Waals surface area contributed by atoms with Crippen LogP contribution in [-0.4, -0.2) is 54.4 Å². The Balaban J connectivity index is 1.59. The summed E-state index contributed by atoms with van der Waals surface area (Å²) in [7, 11) is 0. The molecule has 5 nitrogen and oxygen atoms in total. The van der Waals surface area contributed by atoms with E-state index in [1.807, 2.05) is 6.07 Å². The van der Waals surface area contributed by atoms with Gasteiger partial charge in [-0.1, -0.05) is 35.9 Å². The van der Waals surface area contributed by atoms with Crippen LogP contribution in [0, 0.1) is 0 Å². The topological polar surface area (TPSA) is 49.9 Å². The van der Waals surface area contributed by atoms with Gasteiger partial charge in [-0.05, 0) is 29.8 Å². The van der Waals surface area contributed by atoms with Crippen LogP contribution in [0.1, 0.15) is 15.9 Å². The molecule has 2 aromatic carbocycles. The number of rotatable bonds is 5. The Morgan fingerprint density at radius 1 is 1.00 bits per heavy atom. The van der Waals surface area contributed by atoms with Crippen molar-refractivity contribution in [2.75, 3.05) is 26.2 Å². The molecule has 8 heteroatoms. The van der Waals surface area contributed by atoms with Crippen LogP contribution in [0.2, 0.25) is 5.02 Å². The molecule has 0 N–H and O–H groups in total. The van der Waals surface area contributed by atoms with Gasteiger partial charge in [-0.2, -0.15) is 8.78 Å². The molecule has 0 bridgehead atoms. The number of amides is 2. The van der Waals surface area contributed by atoms with Crippen LogP contribution in [0.25, 0.3) is 0 Å². The minimum atomic E-state index is -3.00. The summed E-state index contributed by atoms with van der Waals surface area (Å²) in [5.41, 5.74) is 0.913. The lowest BCUT2D eigenvalue weighted by molar-refractivity contribution is -0.131. The first-order valence-corrected chi connectivity index (χ1v) is 9.17. The average molecular weight is 409 g/mol. The molecule has 28 heavy (non-hydrogen) atoms. The molecule has 0 aliphatic carbocycles. The maximum absolute atomic E-state index is 12.7. The Kier molecular flexibility index (Phi) is 6.46. The fraction of sp³-hybridized carbons (Fsp3) is 0.300. The van der Waals surface area contributed by atoms with E-state index in [0.717, 1.165) is 5.56 Å². The van der Waals surface area contributed by atoms with E-state index in [2.05, 4.69) is 4.74 Å². The van der Waals surface area contributed by atoms with Gasteiger partial charge in [0.1, 0.15) is 5.75 Å². The summed E-state index contributed by atoms with van der Waals surface area (Å²) in [6.45, 7) is -1.60. The molecule has 1 aliphatic rings. The van der Waals surface area contributed by atoms with Crippen LogP contribution in [0.15, 0.2) is 48.5 Å². The summed E-state index contributed by atoms with van der Waals surface area (Å²) in [6, 6.07) is 13.0. The van der Waals surface area contributed by atoms with Crippen molar-refractivity contribution in [3.63, 3.8) is 0 Å². The van der Waals surface area contributed by atoms with Crippen molar-refractivity contribution in [1.29, 1.82) is 0 Å². The Morgan fingerprint density at radius 3 is 2.36 bits per heavy atom. The normalized spacial score (nSPS) is 14.3. The molecule has 148 valence electrons. The molecular weight excluding hydrogens is 390 g/mol. The summed E-state index contributed by atoms with van der Waals surface area (Å²) >= 11 is 5.94. The van der Waals surface area contributed by atoms with E-state index in [9.17, 15) is 18.4 Å². The number of ether oxygens (including phenoxy) is 1. The zero-order valence-corrected chi connectivity index (χ0v) is 15.7. The molecule has 1 aliphatic heterocycles. The minimum Gasteiger partial charge on any atom is -0.434 e. The maximum atomic E-state index is 12.7. The van der Waals surface area contributed by atoms with Crippen molar-refractivity contribution in [3.05, 3.63) is 64.7 Å². The lowest BCUT2D eigenvalue weighted by Gasteiger charge is -2.35. The Morgan fingerprint density at radius 2 is 1.68 bits per heavy atom. The molecule has 0 saturated carbocycles. The number of para-hydroxylation sites is 1. The molecule has 2 amide bonds. The van der Waals surface area contributed by atoms with E-state index in [4.69, 9.17) is 11.6 Å². The largest absolute Gasteiger partial charge is 0.434 e. The van der Waals surface area contributed by atoms with Crippen LogP contribution < -0.4 is 4.74 Å². The third-order valence-corrected chi connectivity index (χ3v) is 4.73. The van der Waals surface area contributed by atoms with Crippen LogP contribution in [0.3, 0.4) is 0 Å². The van der Waals surface area contributed by atoms with E-state index in [1.165, 1.54) is 23.1 Å². The fourth-order valence-corrected chi connectivity index (χ4v) is 3.32. The summed E-state index contributed by atoms with van der Waals surface area (Å²) < 4.78 is 29.5. The van der Waals surface area contributed by atoms with Crippen molar-refractivity contribution in [2.24, 2.45) is 0 Å². The van der Waals surface area contributed by atoms with Gasteiger partial charge >= 0.3 is 6.61 Å². The highest BCUT2D eigenvalue weighted by Crippen LogP contribution is 2.22. The molecule has 0 radical (unpaired) electrons. The van der Waals surface area contributed by atoms with E-state index in [-0.39, 0.29) is 23.6 Å². The van der Waals surface area contributed by atoms with Gasteiger partial charge in [0, 0.05) is 31.2 Å². The van der Waals surface area contributed by atoms with Gasteiger partial charge in [0.05, 0.1) is 12.0 Å². The summed E-state index contributed by atoms with van der Waals surface area (Å²) in [5.74, 6) is -0.587. The van der Waals surface area contributed by atoms with Gasteiger partial charge in [-0.25, -0.2) is 0 Å². The summed E-state index contributed by atoms with van der Waals surface area (Å²) in [6.07, 6.45) is 0.236. The fourth-order valence-electron chi connectivity index (χ4n) is 3.10. The Hall–Kier alpha value is -2.67. The quantitative estimate of drug-likeness (QED) is 0.761. The third kappa shape index (κ3) is 4.98.